The Morgan fingerprint density at radius 3 is 2.18 bits per heavy atom. The first-order valence-corrected chi connectivity index (χ1v) is 7.41. The molecule has 2 saturated carbocycles. The summed E-state index contributed by atoms with van der Waals surface area (Å²) in [7, 11) is 2.28. The Bertz CT molecular complexity index is 241. The van der Waals surface area contributed by atoms with Gasteiger partial charge in [0.1, 0.15) is 0 Å². The maximum atomic E-state index is 6.36. The summed E-state index contributed by atoms with van der Waals surface area (Å²) >= 11 is 0. The second-order valence-corrected chi connectivity index (χ2v) is 7.08. The highest BCUT2D eigenvalue weighted by atomic mass is 15.1. The van der Waals surface area contributed by atoms with Crippen LogP contribution in [0.2, 0.25) is 0 Å². The summed E-state index contributed by atoms with van der Waals surface area (Å²) in [5.74, 6) is 4.27. The molecule has 0 saturated heterocycles. The normalized spacial score (nSPS) is 46.2. The van der Waals surface area contributed by atoms with Gasteiger partial charge in [0.15, 0.2) is 0 Å². The zero-order valence-corrected chi connectivity index (χ0v) is 12.0. The Balaban J connectivity index is 1.80. The van der Waals surface area contributed by atoms with Gasteiger partial charge in [0, 0.05) is 19.1 Å². The Morgan fingerprint density at radius 1 is 1.00 bits per heavy atom. The number of hydrogen-bond acceptors (Lipinski definition) is 2. The first-order chi connectivity index (χ1) is 7.97. The minimum absolute atomic E-state index is 0.424. The Labute approximate surface area is 107 Å². The Hall–Kier alpha value is -0.0800. The van der Waals surface area contributed by atoms with Gasteiger partial charge < -0.3 is 10.6 Å². The molecule has 100 valence electrons. The molecule has 0 radical (unpaired) electrons. The standard InChI is InChI=1S/C15H30N2/c1-10-5-12(3)14(15(16)6-10)9-17(4)8-13-7-11(13)2/h10-15H,5-9,16H2,1-4H3. The van der Waals surface area contributed by atoms with E-state index in [1.807, 2.05) is 0 Å². The number of nitrogens with two attached hydrogens (primary N) is 1. The molecule has 0 aromatic heterocycles. The van der Waals surface area contributed by atoms with E-state index in [0.29, 0.717) is 12.0 Å². The number of rotatable bonds is 4. The molecule has 2 nitrogen and oxygen atoms in total. The van der Waals surface area contributed by atoms with Crippen molar-refractivity contribution in [3.8, 4) is 0 Å². The lowest BCUT2D eigenvalue weighted by atomic mass is 9.72. The van der Waals surface area contributed by atoms with E-state index in [1.165, 1.54) is 32.4 Å². The molecule has 2 rings (SSSR count). The van der Waals surface area contributed by atoms with Crippen LogP contribution in [-0.2, 0) is 0 Å². The number of nitrogens with zero attached hydrogens (tertiary/aromatic N) is 1. The molecule has 2 heteroatoms. The van der Waals surface area contributed by atoms with Gasteiger partial charge in [0.05, 0.1) is 0 Å². The molecule has 0 aromatic rings. The topological polar surface area (TPSA) is 29.3 Å². The van der Waals surface area contributed by atoms with Crippen LogP contribution in [0.3, 0.4) is 0 Å². The second kappa shape index (κ2) is 5.27. The minimum atomic E-state index is 0.424. The molecule has 0 aliphatic heterocycles. The van der Waals surface area contributed by atoms with Crippen molar-refractivity contribution in [1.82, 2.24) is 4.90 Å². The molecule has 2 aliphatic carbocycles. The molecule has 2 fully saturated rings. The van der Waals surface area contributed by atoms with Crippen molar-refractivity contribution < 1.29 is 0 Å². The zero-order chi connectivity index (χ0) is 12.6. The second-order valence-electron chi connectivity index (χ2n) is 7.08. The molecule has 0 heterocycles. The smallest absolute Gasteiger partial charge is 0.00844 e. The van der Waals surface area contributed by atoms with Gasteiger partial charge >= 0.3 is 0 Å². The molecule has 0 bridgehead atoms. The van der Waals surface area contributed by atoms with Crippen LogP contribution in [0.25, 0.3) is 0 Å². The van der Waals surface area contributed by atoms with Crippen molar-refractivity contribution in [3.63, 3.8) is 0 Å². The predicted octanol–water partition coefficient (Wildman–Crippen LogP) is 2.58. The van der Waals surface area contributed by atoms with E-state index in [1.54, 1.807) is 0 Å². The lowest BCUT2D eigenvalue weighted by molar-refractivity contribution is 0.127. The van der Waals surface area contributed by atoms with Crippen LogP contribution in [0.15, 0.2) is 0 Å². The summed E-state index contributed by atoms with van der Waals surface area (Å²) in [5, 5.41) is 0. The van der Waals surface area contributed by atoms with Gasteiger partial charge in [-0.2, -0.15) is 0 Å². The fraction of sp³-hybridized carbons (Fsp3) is 1.00. The summed E-state index contributed by atoms with van der Waals surface area (Å²) in [5.41, 5.74) is 6.36. The zero-order valence-electron chi connectivity index (χ0n) is 12.0. The van der Waals surface area contributed by atoms with E-state index >= 15 is 0 Å². The molecular weight excluding hydrogens is 208 g/mol. The lowest BCUT2D eigenvalue weighted by Crippen LogP contribution is -2.46. The van der Waals surface area contributed by atoms with Crippen molar-refractivity contribution in [2.24, 2.45) is 35.3 Å². The van der Waals surface area contributed by atoms with Crippen LogP contribution in [0, 0.1) is 29.6 Å². The first kappa shape index (κ1) is 13.4. The summed E-state index contributed by atoms with van der Waals surface area (Å²) in [4.78, 5) is 2.53. The van der Waals surface area contributed by atoms with Gasteiger partial charge in [0.2, 0.25) is 0 Å². The van der Waals surface area contributed by atoms with Crippen LogP contribution >= 0.6 is 0 Å². The van der Waals surface area contributed by atoms with Gasteiger partial charge in [-0.25, -0.2) is 0 Å². The molecule has 0 spiro atoms. The highest BCUT2D eigenvalue weighted by Gasteiger charge is 2.36. The van der Waals surface area contributed by atoms with Crippen LogP contribution in [0.5, 0.6) is 0 Å². The van der Waals surface area contributed by atoms with Crippen molar-refractivity contribution in [1.29, 1.82) is 0 Å². The fourth-order valence-corrected chi connectivity index (χ4v) is 3.77. The minimum Gasteiger partial charge on any atom is -0.327 e. The molecule has 2 N–H and O–H groups in total. The monoisotopic (exact) mass is 238 g/mol. The largest absolute Gasteiger partial charge is 0.327 e. The van der Waals surface area contributed by atoms with Crippen LogP contribution in [-0.4, -0.2) is 31.1 Å². The number of hydrogen-bond donors (Lipinski definition) is 1. The van der Waals surface area contributed by atoms with Crippen LogP contribution in [0.1, 0.15) is 40.0 Å². The molecule has 2 aliphatic rings. The van der Waals surface area contributed by atoms with Gasteiger partial charge in [-0.15, -0.1) is 0 Å². The van der Waals surface area contributed by atoms with Crippen LogP contribution < -0.4 is 5.73 Å². The third-order valence-electron chi connectivity index (χ3n) is 5.07. The van der Waals surface area contributed by atoms with E-state index in [4.69, 9.17) is 5.73 Å². The Morgan fingerprint density at radius 2 is 1.65 bits per heavy atom. The summed E-state index contributed by atoms with van der Waals surface area (Å²) in [6, 6.07) is 0.424. The maximum Gasteiger partial charge on any atom is 0.00844 e. The predicted molar refractivity (Wildman–Crippen MR) is 73.8 cm³/mol. The van der Waals surface area contributed by atoms with E-state index in [9.17, 15) is 0 Å². The maximum absolute atomic E-state index is 6.36. The van der Waals surface area contributed by atoms with Gasteiger partial charge in [-0.05, 0) is 55.9 Å². The van der Waals surface area contributed by atoms with Crippen molar-refractivity contribution >= 4 is 0 Å². The third-order valence-corrected chi connectivity index (χ3v) is 5.07. The quantitative estimate of drug-likeness (QED) is 0.815. The van der Waals surface area contributed by atoms with Crippen molar-refractivity contribution in [2.75, 3.05) is 20.1 Å². The van der Waals surface area contributed by atoms with E-state index in [0.717, 1.165) is 23.7 Å². The summed E-state index contributed by atoms with van der Waals surface area (Å²) < 4.78 is 0. The van der Waals surface area contributed by atoms with Crippen molar-refractivity contribution in [3.05, 3.63) is 0 Å². The molecule has 0 aromatic carbocycles. The van der Waals surface area contributed by atoms with Crippen LogP contribution in [0.4, 0.5) is 0 Å². The average molecular weight is 238 g/mol. The fourth-order valence-electron chi connectivity index (χ4n) is 3.77. The summed E-state index contributed by atoms with van der Waals surface area (Å²) in [6.45, 7) is 9.61. The molecule has 6 atom stereocenters. The first-order valence-electron chi connectivity index (χ1n) is 7.41. The van der Waals surface area contributed by atoms with Gasteiger partial charge in [0.25, 0.3) is 0 Å². The lowest BCUT2D eigenvalue weighted by Gasteiger charge is -2.39. The summed E-state index contributed by atoms with van der Waals surface area (Å²) in [6.07, 6.45) is 4.03. The van der Waals surface area contributed by atoms with Gasteiger partial charge in [-0.3, -0.25) is 0 Å². The van der Waals surface area contributed by atoms with Crippen molar-refractivity contribution in [2.45, 2.75) is 46.1 Å². The molecular formula is C15H30N2. The SMILES string of the molecule is CC1CC(C)C(CN(C)CC2CC2C)C(N)C1. The van der Waals surface area contributed by atoms with E-state index in [2.05, 4.69) is 32.7 Å². The van der Waals surface area contributed by atoms with E-state index < -0.39 is 0 Å². The third kappa shape index (κ3) is 3.45. The Kier molecular flexibility index (Phi) is 4.14. The molecule has 17 heavy (non-hydrogen) atoms. The average Bonchev–Trinajstić information content (AvgIpc) is 2.88. The van der Waals surface area contributed by atoms with Gasteiger partial charge in [-0.1, -0.05) is 20.8 Å². The molecule has 6 unspecified atom stereocenters. The van der Waals surface area contributed by atoms with E-state index in [-0.39, 0.29) is 0 Å². The highest BCUT2D eigenvalue weighted by molar-refractivity contribution is 4.89. The highest BCUT2D eigenvalue weighted by Crippen LogP contribution is 2.39. The molecule has 0 amide bonds.